The molecule has 2 aliphatic carbocycles. The van der Waals surface area contributed by atoms with Crippen molar-refractivity contribution in [3.63, 3.8) is 0 Å². The van der Waals surface area contributed by atoms with Gasteiger partial charge in [-0.1, -0.05) is 25.7 Å². The van der Waals surface area contributed by atoms with Crippen molar-refractivity contribution >= 4 is 0 Å². The van der Waals surface area contributed by atoms with Crippen molar-refractivity contribution in [3.8, 4) is 0 Å². The molecule has 0 bridgehead atoms. The summed E-state index contributed by atoms with van der Waals surface area (Å²) in [6.45, 7) is 3.98. The van der Waals surface area contributed by atoms with E-state index >= 15 is 0 Å². The summed E-state index contributed by atoms with van der Waals surface area (Å²) in [6, 6.07) is 0. The van der Waals surface area contributed by atoms with Gasteiger partial charge in [-0.25, -0.2) is 0 Å². The number of hydrogen-bond donors (Lipinski definition) is 1. The molecule has 2 nitrogen and oxygen atoms in total. The summed E-state index contributed by atoms with van der Waals surface area (Å²) >= 11 is 0. The number of likely N-dealkylation sites (tertiary alicyclic amines) is 1. The van der Waals surface area contributed by atoms with Crippen LogP contribution in [0.15, 0.2) is 0 Å². The molecule has 1 saturated heterocycles. The molecule has 0 aromatic rings. The Kier molecular flexibility index (Phi) is 3.45. The van der Waals surface area contributed by atoms with Gasteiger partial charge in [0.05, 0.1) is 6.10 Å². The van der Waals surface area contributed by atoms with Crippen molar-refractivity contribution in [2.24, 2.45) is 11.3 Å². The van der Waals surface area contributed by atoms with Crippen LogP contribution >= 0.6 is 0 Å². The highest BCUT2D eigenvalue weighted by molar-refractivity contribution is 4.96. The number of aliphatic hydroxyl groups excluding tert-OH is 1. The highest BCUT2D eigenvalue weighted by atomic mass is 16.3. The standard InChI is InChI=1S/C15H27NO/c17-14-6-5-13(9-14)10-16-11-15(12-16)7-3-1-2-4-8-15/h13-14,17H,1-12H2. The minimum absolute atomic E-state index is 0.00752. The summed E-state index contributed by atoms with van der Waals surface area (Å²) in [7, 11) is 0. The molecule has 1 aliphatic heterocycles. The van der Waals surface area contributed by atoms with Gasteiger partial charge in [0, 0.05) is 19.6 Å². The zero-order valence-corrected chi connectivity index (χ0v) is 11.0. The first-order valence-corrected chi connectivity index (χ1v) is 7.66. The Labute approximate surface area is 105 Å². The van der Waals surface area contributed by atoms with Crippen molar-refractivity contribution in [3.05, 3.63) is 0 Å². The molecular weight excluding hydrogens is 210 g/mol. The van der Waals surface area contributed by atoms with Gasteiger partial charge in [-0.05, 0) is 43.4 Å². The van der Waals surface area contributed by atoms with Crippen LogP contribution in [0.3, 0.4) is 0 Å². The smallest absolute Gasteiger partial charge is 0.0543 e. The largest absolute Gasteiger partial charge is 0.393 e. The topological polar surface area (TPSA) is 23.5 Å². The summed E-state index contributed by atoms with van der Waals surface area (Å²) in [5, 5.41) is 9.56. The normalized spacial score (nSPS) is 37.9. The van der Waals surface area contributed by atoms with Crippen LogP contribution in [-0.4, -0.2) is 35.7 Å². The lowest BCUT2D eigenvalue weighted by Crippen LogP contribution is -2.57. The summed E-state index contributed by atoms with van der Waals surface area (Å²) < 4.78 is 0. The highest BCUT2D eigenvalue weighted by Crippen LogP contribution is 2.43. The van der Waals surface area contributed by atoms with E-state index in [0.717, 1.165) is 18.8 Å². The zero-order valence-electron chi connectivity index (χ0n) is 11.0. The highest BCUT2D eigenvalue weighted by Gasteiger charge is 2.43. The molecule has 1 spiro atoms. The third-order valence-corrected chi connectivity index (χ3v) is 5.31. The average molecular weight is 237 g/mol. The SMILES string of the molecule is OC1CCC(CN2CC3(CCCCCC3)C2)C1. The lowest BCUT2D eigenvalue weighted by molar-refractivity contribution is -0.0216. The minimum Gasteiger partial charge on any atom is -0.393 e. The van der Waals surface area contributed by atoms with Crippen molar-refractivity contribution in [1.82, 2.24) is 4.90 Å². The van der Waals surface area contributed by atoms with Crippen LogP contribution in [0.2, 0.25) is 0 Å². The fourth-order valence-corrected chi connectivity index (χ4v) is 4.41. The average Bonchev–Trinajstić information content (AvgIpc) is 2.51. The number of nitrogens with zero attached hydrogens (tertiary/aromatic N) is 1. The second-order valence-electron chi connectivity index (χ2n) is 6.92. The monoisotopic (exact) mass is 237 g/mol. The van der Waals surface area contributed by atoms with Crippen LogP contribution in [0.5, 0.6) is 0 Å². The van der Waals surface area contributed by atoms with Gasteiger partial charge < -0.3 is 10.0 Å². The van der Waals surface area contributed by atoms with Gasteiger partial charge in [0.15, 0.2) is 0 Å². The van der Waals surface area contributed by atoms with Crippen molar-refractivity contribution in [1.29, 1.82) is 0 Å². The molecule has 2 heteroatoms. The molecular formula is C15H27NO. The van der Waals surface area contributed by atoms with Crippen molar-refractivity contribution in [2.75, 3.05) is 19.6 Å². The lowest BCUT2D eigenvalue weighted by atomic mass is 9.73. The lowest BCUT2D eigenvalue weighted by Gasteiger charge is -2.51. The van der Waals surface area contributed by atoms with E-state index in [4.69, 9.17) is 0 Å². The molecule has 3 fully saturated rings. The maximum Gasteiger partial charge on any atom is 0.0543 e. The maximum absolute atomic E-state index is 9.56. The fourth-order valence-electron chi connectivity index (χ4n) is 4.41. The van der Waals surface area contributed by atoms with Gasteiger partial charge in [0.2, 0.25) is 0 Å². The molecule has 3 rings (SSSR count). The zero-order chi connectivity index (χ0) is 11.7. The van der Waals surface area contributed by atoms with E-state index in [-0.39, 0.29) is 6.10 Å². The molecule has 0 aromatic heterocycles. The molecule has 17 heavy (non-hydrogen) atoms. The van der Waals surface area contributed by atoms with E-state index in [9.17, 15) is 5.11 Å². The predicted molar refractivity (Wildman–Crippen MR) is 69.9 cm³/mol. The van der Waals surface area contributed by atoms with Crippen LogP contribution in [0, 0.1) is 11.3 Å². The van der Waals surface area contributed by atoms with Gasteiger partial charge in [0.25, 0.3) is 0 Å². The third kappa shape index (κ3) is 2.68. The molecule has 98 valence electrons. The predicted octanol–water partition coefficient (Wildman–Crippen LogP) is 2.80. The first-order valence-electron chi connectivity index (χ1n) is 7.66. The Balaban J connectivity index is 1.44. The summed E-state index contributed by atoms with van der Waals surface area (Å²) in [6.07, 6.45) is 12.2. The molecule has 1 N–H and O–H groups in total. The molecule has 2 saturated carbocycles. The van der Waals surface area contributed by atoms with Crippen LogP contribution in [0.1, 0.15) is 57.8 Å². The number of hydrogen-bond acceptors (Lipinski definition) is 2. The van der Waals surface area contributed by atoms with Gasteiger partial charge in [-0.2, -0.15) is 0 Å². The van der Waals surface area contributed by atoms with Crippen molar-refractivity contribution < 1.29 is 5.11 Å². The second-order valence-corrected chi connectivity index (χ2v) is 6.92. The van der Waals surface area contributed by atoms with E-state index in [2.05, 4.69) is 4.90 Å². The van der Waals surface area contributed by atoms with Gasteiger partial charge >= 0.3 is 0 Å². The van der Waals surface area contributed by atoms with Crippen LogP contribution in [0.25, 0.3) is 0 Å². The van der Waals surface area contributed by atoms with E-state index in [1.54, 1.807) is 0 Å². The van der Waals surface area contributed by atoms with E-state index in [1.165, 1.54) is 64.6 Å². The maximum atomic E-state index is 9.56. The second kappa shape index (κ2) is 4.89. The van der Waals surface area contributed by atoms with Gasteiger partial charge in [-0.3, -0.25) is 0 Å². The molecule has 2 unspecified atom stereocenters. The quantitative estimate of drug-likeness (QED) is 0.798. The Hall–Kier alpha value is -0.0800. The molecule has 2 atom stereocenters. The molecule has 3 aliphatic rings. The van der Waals surface area contributed by atoms with Crippen LogP contribution in [-0.2, 0) is 0 Å². The fraction of sp³-hybridized carbons (Fsp3) is 1.00. The molecule has 0 radical (unpaired) electrons. The molecule has 0 aromatic carbocycles. The Morgan fingerprint density at radius 1 is 1.00 bits per heavy atom. The van der Waals surface area contributed by atoms with E-state index in [1.807, 2.05) is 0 Å². The number of rotatable bonds is 2. The minimum atomic E-state index is 0.00752. The van der Waals surface area contributed by atoms with Gasteiger partial charge in [0.1, 0.15) is 0 Å². The van der Waals surface area contributed by atoms with E-state index in [0.29, 0.717) is 5.41 Å². The van der Waals surface area contributed by atoms with Crippen LogP contribution in [0.4, 0.5) is 0 Å². The van der Waals surface area contributed by atoms with E-state index < -0.39 is 0 Å². The molecule has 1 heterocycles. The first kappa shape index (κ1) is 12.0. The van der Waals surface area contributed by atoms with Crippen LogP contribution < -0.4 is 0 Å². The Morgan fingerprint density at radius 2 is 1.71 bits per heavy atom. The Morgan fingerprint density at radius 3 is 2.29 bits per heavy atom. The van der Waals surface area contributed by atoms with Crippen molar-refractivity contribution in [2.45, 2.75) is 63.9 Å². The number of aliphatic hydroxyl groups is 1. The summed E-state index contributed by atoms with van der Waals surface area (Å²) in [4.78, 5) is 2.66. The van der Waals surface area contributed by atoms with Gasteiger partial charge in [-0.15, -0.1) is 0 Å². The summed E-state index contributed by atoms with van der Waals surface area (Å²) in [5.74, 6) is 0.785. The Bertz CT molecular complexity index is 250. The molecule has 0 amide bonds. The summed E-state index contributed by atoms with van der Waals surface area (Å²) in [5.41, 5.74) is 0.716. The third-order valence-electron chi connectivity index (χ3n) is 5.31. The first-order chi connectivity index (χ1) is 8.26.